The fraction of sp³-hybridized carbons (Fsp3) is 0.575. The second-order valence-electron chi connectivity index (χ2n) is 19.9. The van der Waals surface area contributed by atoms with Gasteiger partial charge in [-0.2, -0.15) is 11.3 Å². The number of hydrogen-bond donors (Lipinski definition) is 1. The number of allylic oxidation sites excluding steroid dienone is 4. The largest absolute Gasteiger partial charge is 0.472 e. The van der Waals surface area contributed by atoms with Gasteiger partial charge in [-0.05, 0) is 143 Å². The van der Waals surface area contributed by atoms with Crippen molar-refractivity contribution in [3.05, 3.63) is 201 Å². The molecule has 1 aliphatic rings. The Kier molecular flexibility index (Phi) is 91.2. The summed E-state index contributed by atoms with van der Waals surface area (Å²) in [4.78, 5) is 4.61. The molecule has 0 spiro atoms. The van der Waals surface area contributed by atoms with Gasteiger partial charge in [0.25, 0.3) is 0 Å². The highest BCUT2D eigenvalue weighted by Crippen LogP contribution is 2.20. The molecule has 0 saturated heterocycles. The number of thiophene rings is 2. The molecule has 0 saturated carbocycles. The van der Waals surface area contributed by atoms with Gasteiger partial charge in [-0.1, -0.05) is 270 Å². The van der Waals surface area contributed by atoms with Crippen molar-refractivity contribution in [2.75, 3.05) is 0 Å². The van der Waals surface area contributed by atoms with Gasteiger partial charge in [0.2, 0.25) is 0 Å². The van der Waals surface area contributed by atoms with E-state index < -0.39 is 0 Å². The standard InChI is InChI=1S/C8H12.2C7H11N.2C7H10O.2C7H10S.2C6H9NO.9C2H6/c2*1-7(2)8-5-3-4-6-8;1-6(2)7-4-3-5-8-7;1-6(2)7-3-4-8-5-7;1-6(2)7-4-3-5-8-7;1-6(2)7-3-4-8-5-7;1-6(2)7-4-3-5-8-7;1-5(2)6-3-7-8-4-6;1-5(2)6-3-4-7-8-6;9*1-2/h3,5-7H,4H2,1-2H3;3-7H,1-2H3;3-6,8H,1-2H3;4*3-6H,1-2H3;2*3-5H,1-2H3;9*1-2H3. The number of nitrogens with one attached hydrogen (secondary N) is 1. The second kappa shape index (κ2) is 79.5. The number of H-pyrrole nitrogens is 1. The third-order valence-electron chi connectivity index (χ3n) is 10.7. The highest BCUT2D eigenvalue weighted by atomic mass is 32.1. The lowest BCUT2D eigenvalue weighted by Crippen LogP contribution is -1.94. The van der Waals surface area contributed by atoms with Crippen LogP contribution in [0, 0.1) is 5.92 Å². The van der Waals surface area contributed by atoms with Crippen LogP contribution in [-0.2, 0) is 0 Å². The molecule has 0 radical (unpaired) electrons. The molecule has 90 heavy (non-hydrogen) atoms. The van der Waals surface area contributed by atoms with Crippen LogP contribution in [0.5, 0.6) is 0 Å². The van der Waals surface area contributed by atoms with E-state index in [1.54, 1.807) is 48.8 Å². The number of aromatic amines is 1. The number of rotatable bonds is 9. The van der Waals surface area contributed by atoms with Crippen molar-refractivity contribution in [3.63, 3.8) is 0 Å². The fourth-order valence-corrected chi connectivity index (χ4v) is 7.33. The summed E-state index contributed by atoms with van der Waals surface area (Å²) >= 11 is 3.60. The Balaban J connectivity index is -0.000000113. The predicted molar refractivity (Wildman–Crippen MR) is 412 cm³/mol. The van der Waals surface area contributed by atoms with Crippen LogP contribution in [0.25, 0.3) is 0 Å². The fourth-order valence-electron chi connectivity index (χ4n) is 5.77. The van der Waals surface area contributed by atoms with Crippen molar-refractivity contribution in [2.24, 2.45) is 5.92 Å². The average molecular weight is 1290 g/mol. The maximum Gasteiger partial charge on any atom is 0.139 e. The van der Waals surface area contributed by atoms with E-state index >= 15 is 0 Å². The minimum absolute atomic E-state index is 0.456. The molecule has 0 atom stereocenters. The zero-order chi connectivity index (χ0) is 71.8. The maximum absolute atomic E-state index is 5.09. The average Bonchev–Trinajstić information content (AvgIpc) is 4.50. The molecule has 0 aromatic carbocycles. The minimum atomic E-state index is 0.456. The molecule has 0 bridgehead atoms. The van der Waals surface area contributed by atoms with Crippen molar-refractivity contribution in [1.29, 1.82) is 0 Å². The lowest BCUT2D eigenvalue weighted by Gasteiger charge is -2.03. The van der Waals surface area contributed by atoms with Gasteiger partial charge in [0, 0.05) is 58.7 Å². The van der Waals surface area contributed by atoms with E-state index in [4.69, 9.17) is 13.4 Å². The van der Waals surface area contributed by atoms with Gasteiger partial charge in [0.1, 0.15) is 17.8 Å². The Labute approximate surface area is 567 Å². The molecular weight excluding hydrogens is 1150 g/mol. The second-order valence-corrected chi connectivity index (χ2v) is 21.7. The van der Waals surface area contributed by atoms with E-state index in [9.17, 15) is 0 Å². The summed E-state index contributed by atoms with van der Waals surface area (Å²) in [6, 6.07) is 23.0. The zero-order valence-electron chi connectivity index (χ0n) is 65.2. The molecule has 8 aromatic rings. The van der Waals surface area contributed by atoms with Crippen LogP contribution in [0.15, 0.2) is 181 Å². The van der Waals surface area contributed by atoms with Gasteiger partial charge in [-0.25, -0.2) is 0 Å². The first-order chi connectivity index (χ1) is 43.2. The molecule has 1 aliphatic carbocycles. The van der Waals surface area contributed by atoms with Crippen LogP contribution < -0.4 is 0 Å². The molecule has 0 amide bonds. The van der Waals surface area contributed by atoms with E-state index in [-0.39, 0.29) is 0 Å². The van der Waals surface area contributed by atoms with E-state index in [0.29, 0.717) is 53.4 Å². The molecule has 8 heterocycles. The first-order valence-corrected chi connectivity index (χ1v) is 36.6. The SMILES string of the molecule is CC.CC.CC.CC.CC.CC.CC.CC.CC.CC(C)C1=CCC=C1.CC(C)c1ccc[nH]1.CC(C)c1ccco1.CC(C)c1cccs1.CC(C)c1ccno1.CC(C)c1ccoc1.CC(C)c1ccsc1.CC(C)c1cnoc1.CC(C)n1cccc1. The van der Waals surface area contributed by atoms with Crippen LogP contribution in [0.3, 0.4) is 0 Å². The number of aromatic nitrogens is 4. The minimum Gasteiger partial charge on any atom is -0.472 e. The number of hydrogen-bond acceptors (Lipinski definition) is 8. The third kappa shape index (κ3) is 62.6. The highest BCUT2D eigenvalue weighted by molar-refractivity contribution is 7.10. The molecule has 8 aromatic heterocycles. The van der Waals surface area contributed by atoms with Crippen molar-refractivity contribution < 1.29 is 17.9 Å². The molecule has 0 aliphatic heterocycles. The van der Waals surface area contributed by atoms with Gasteiger partial charge in [-0.15, -0.1) is 11.3 Å². The van der Waals surface area contributed by atoms with Gasteiger partial charge in [0.05, 0.1) is 31.2 Å². The first-order valence-electron chi connectivity index (χ1n) is 34.8. The van der Waals surface area contributed by atoms with Crippen molar-refractivity contribution in [1.82, 2.24) is 19.9 Å². The van der Waals surface area contributed by atoms with Crippen LogP contribution >= 0.6 is 22.7 Å². The molecule has 10 heteroatoms. The predicted octanol–water partition coefficient (Wildman–Crippen LogP) is 30.1. The summed E-state index contributed by atoms with van der Waals surface area (Å²) in [6.45, 7) is 74.8. The highest BCUT2D eigenvalue weighted by Gasteiger charge is 2.03. The smallest absolute Gasteiger partial charge is 0.139 e. The van der Waals surface area contributed by atoms with Gasteiger partial charge in [-0.3, -0.25) is 0 Å². The normalized spacial score (nSPS) is 9.54. The summed E-state index contributed by atoms with van der Waals surface area (Å²) < 4.78 is 21.6. The van der Waals surface area contributed by atoms with E-state index in [2.05, 4.69) is 220 Å². The Hall–Kier alpha value is -5.58. The van der Waals surface area contributed by atoms with Crippen LogP contribution in [0.4, 0.5) is 0 Å². The monoisotopic (exact) mass is 1290 g/mol. The van der Waals surface area contributed by atoms with Crippen LogP contribution in [0.2, 0.25) is 0 Å². The lowest BCUT2D eigenvalue weighted by molar-refractivity contribution is 0.371. The summed E-state index contributed by atoms with van der Waals surface area (Å²) in [5.41, 5.74) is 6.68. The molecular formula is C80H146N4O4S2. The Morgan fingerprint density at radius 2 is 1.01 bits per heavy atom. The van der Waals surface area contributed by atoms with E-state index in [1.807, 2.05) is 185 Å². The van der Waals surface area contributed by atoms with Crippen LogP contribution in [-0.4, -0.2) is 19.9 Å². The molecule has 0 fully saturated rings. The van der Waals surface area contributed by atoms with Gasteiger partial charge >= 0.3 is 0 Å². The summed E-state index contributed by atoms with van der Waals surface area (Å²) in [5, 5.41) is 13.6. The maximum atomic E-state index is 5.09. The lowest BCUT2D eigenvalue weighted by atomic mass is 10.1. The molecule has 522 valence electrons. The van der Waals surface area contributed by atoms with Crippen molar-refractivity contribution in [3.8, 4) is 0 Å². The molecule has 9 rings (SSSR count). The quantitative estimate of drug-likeness (QED) is 0.155. The zero-order valence-corrected chi connectivity index (χ0v) is 66.8. The molecule has 8 nitrogen and oxygen atoms in total. The van der Waals surface area contributed by atoms with Gasteiger partial charge < -0.3 is 27.4 Å². The van der Waals surface area contributed by atoms with E-state index in [1.165, 1.54) is 27.3 Å². The van der Waals surface area contributed by atoms with Gasteiger partial charge in [0.15, 0.2) is 0 Å². The van der Waals surface area contributed by atoms with Crippen molar-refractivity contribution >= 4 is 22.7 Å². The first kappa shape index (κ1) is 103. The topological polar surface area (TPSA) is 99.1 Å². The summed E-state index contributed by atoms with van der Waals surface area (Å²) in [5.74, 6) is 6.85. The van der Waals surface area contributed by atoms with Crippen molar-refractivity contribution in [2.45, 2.75) is 303 Å². The third-order valence-corrected chi connectivity index (χ3v) is 12.6. The Bertz CT molecular complexity index is 1890. The van der Waals surface area contributed by atoms with Crippen LogP contribution in [0.1, 0.15) is 342 Å². The number of nitrogens with zero attached hydrogens (tertiary/aromatic N) is 3. The number of furan rings is 2. The summed E-state index contributed by atoms with van der Waals surface area (Å²) in [6.07, 6.45) is 24.2. The Morgan fingerprint density at radius 3 is 1.21 bits per heavy atom. The Morgan fingerprint density at radius 1 is 0.467 bits per heavy atom. The molecule has 0 unspecified atom stereocenters. The summed E-state index contributed by atoms with van der Waals surface area (Å²) in [7, 11) is 0. The molecule has 1 N–H and O–H groups in total. The van der Waals surface area contributed by atoms with E-state index in [0.717, 1.165) is 23.5 Å².